The normalized spacial score (nSPS) is 21.5. The zero-order valence-corrected chi connectivity index (χ0v) is 9.83. The second kappa shape index (κ2) is 4.17. The predicted octanol–water partition coefficient (Wildman–Crippen LogP) is 3.32. The fraction of sp³-hybridized carbons (Fsp3) is 0.400. The van der Waals surface area contributed by atoms with Crippen LogP contribution in [-0.4, -0.2) is 13.1 Å². The quantitative estimate of drug-likeness (QED) is 0.777. The van der Waals surface area contributed by atoms with Gasteiger partial charge < -0.3 is 5.32 Å². The molecule has 76 valence electrons. The first-order chi connectivity index (χ1) is 6.70. The van der Waals surface area contributed by atoms with Crippen molar-refractivity contribution in [2.75, 3.05) is 13.1 Å². The molecule has 1 saturated heterocycles. The number of halogens is 3. The summed E-state index contributed by atoms with van der Waals surface area (Å²) in [6.07, 6.45) is 1.06. The highest BCUT2D eigenvalue weighted by Crippen LogP contribution is 2.33. The number of nitrogens with one attached hydrogen (secondary N) is 1. The SMILES string of the molecule is Fc1c(Cl)ccc(C2CCNC2)c1Br. The minimum absolute atomic E-state index is 0.173. The van der Waals surface area contributed by atoms with E-state index in [1.165, 1.54) is 0 Å². The van der Waals surface area contributed by atoms with Crippen molar-refractivity contribution in [3.63, 3.8) is 0 Å². The van der Waals surface area contributed by atoms with E-state index in [9.17, 15) is 4.39 Å². The standard InChI is InChI=1S/C10H10BrClFN/c11-9-7(6-3-4-14-5-6)1-2-8(12)10(9)13/h1-2,6,14H,3-5H2. The van der Waals surface area contributed by atoms with Crippen molar-refractivity contribution in [1.82, 2.24) is 5.32 Å². The first-order valence-corrected chi connectivity index (χ1v) is 5.71. The van der Waals surface area contributed by atoms with Crippen LogP contribution in [0.5, 0.6) is 0 Å². The predicted molar refractivity (Wildman–Crippen MR) is 59.3 cm³/mol. The molecular weight excluding hydrogens is 268 g/mol. The van der Waals surface area contributed by atoms with Gasteiger partial charge in [0.05, 0.1) is 9.50 Å². The van der Waals surface area contributed by atoms with Crippen LogP contribution in [0.3, 0.4) is 0 Å². The molecule has 1 N–H and O–H groups in total. The maximum Gasteiger partial charge on any atom is 0.156 e. The molecule has 1 aromatic carbocycles. The van der Waals surface area contributed by atoms with E-state index >= 15 is 0 Å². The van der Waals surface area contributed by atoms with Crippen LogP contribution in [0.15, 0.2) is 16.6 Å². The van der Waals surface area contributed by atoms with Crippen molar-refractivity contribution in [1.29, 1.82) is 0 Å². The van der Waals surface area contributed by atoms with Gasteiger partial charge in [-0.2, -0.15) is 0 Å². The van der Waals surface area contributed by atoms with Gasteiger partial charge in [-0.25, -0.2) is 4.39 Å². The average Bonchev–Trinajstić information content (AvgIpc) is 2.67. The molecule has 1 fully saturated rings. The molecule has 1 aliphatic heterocycles. The molecule has 0 aliphatic carbocycles. The number of rotatable bonds is 1. The molecule has 0 spiro atoms. The van der Waals surface area contributed by atoms with E-state index in [4.69, 9.17) is 11.6 Å². The first kappa shape index (κ1) is 10.4. The lowest BCUT2D eigenvalue weighted by molar-refractivity contribution is 0.613. The van der Waals surface area contributed by atoms with Crippen LogP contribution in [0.25, 0.3) is 0 Å². The Morgan fingerprint density at radius 2 is 2.29 bits per heavy atom. The van der Waals surface area contributed by atoms with E-state index in [-0.39, 0.29) is 10.8 Å². The van der Waals surface area contributed by atoms with Gasteiger partial charge in [0.15, 0.2) is 5.82 Å². The van der Waals surface area contributed by atoms with Gasteiger partial charge in [-0.1, -0.05) is 17.7 Å². The Morgan fingerprint density at radius 3 is 2.93 bits per heavy atom. The molecule has 1 nitrogen and oxygen atoms in total. The largest absolute Gasteiger partial charge is 0.316 e. The Balaban J connectivity index is 2.38. The van der Waals surface area contributed by atoms with Crippen LogP contribution in [0.1, 0.15) is 17.9 Å². The summed E-state index contributed by atoms with van der Waals surface area (Å²) in [4.78, 5) is 0. The highest BCUT2D eigenvalue weighted by Gasteiger charge is 2.21. The third kappa shape index (κ3) is 1.81. The third-order valence-corrected chi connectivity index (χ3v) is 3.66. The van der Waals surface area contributed by atoms with Crippen LogP contribution >= 0.6 is 27.5 Å². The molecule has 4 heteroatoms. The molecule has 1 aromatic rings. The summed E-state index contributed by atoms with van der Waals surface area (Å²) in [7, 11) is 0. The Kier molecular flexibility index (Phi) is 3.10. The zero-order chi connectivity index (χ0) is 10.1. The molecule has 1 heterocycles. The fourth-order valence-electron chi connectivity index (χ4n) is 1.78. The maximum absolute atomic E-state index is 13.4. The van der Waals surface area contributed by atoms with E-state index in [0.29, 0.717) is 10.4 Å². The van der Waals surface area contributed by atoms with E-state index in [0.717, 1.165) is 25.1 Å². The maximum atomic E-state index is 13.4. The monoisotopic (exact) mass is 277 g/mol. The van der Waals surface area contributed by atoms with Gasteiger partial charge in [0.2, 0.25) is 0 Å². The molecule has 0 radical (unpaired) electrons. The van der Waals surface area contributed by atoms with Gasteiger partial charge in [-0.15, -0.1) is 0 Å². The minimum atomic E-state index is -0.351. The molecule has 2 rings (SSSR count). The molecule has 0 saturated carbocycles. The summed E-state index contributed by atoms with van der Waals surface area (Å²) < 4.78 is 14.0. The smallest absolute Gasteiger partial charge is 0.156 e. The van der Waals surface area contributed by atoms with Crippen molar-refractivity contribution in [3.05, 3.63) is 33.0 Å². The molecule has 1 aliphatic rings. The zero-order valence-electron chi connectivity index (χ0n) is 7.49. The summed E-state index contributed by atoms with van der Waals surface area (Å²) in [5.74, 6) is 0.0483. The second-order valence-corrected chi connectivity index (χ2v) is 4.65. The fourth-order valence-corrected chi connectivity index (χ4v) is 2.72. The second-order valence-electron chi connectivity index (χ2n) is 3.45. The van der Waals surface area contributed by atoms with Crippen molar-refractivity contribution >= 4 is 27.5 Å². The highest BCUT2D eigenvalue weighted by molar-refractivity contribution is 9.10. The average molecular weight is 279 g/mol. The van der Waals surface area contributed by atoms with Crippen molar-refractivity contribution in [2.24, 2.45) is 0 Å². The summed E-state index contributed by atoms with van der Waals surface area (Å²) in [6.45, 7) is 1.92. The van der Waals surface area contributed by atoms with Crippen LogP contribution in [0.4, 0.5) is 4.39 Å². The Bertz CT molecular complexity index is 350. The van der Waals surface area contributed by atoms with Crippen LogP contribution < -0.4 is 5.32 Å². The number of hydrogen-bond donors (Lipinski definition) is 1. The van der Waals surface area contributed by atoms with Gasteiger partial charge in [-0.3, -0.25) is 0 Å². The lowest BCUT2D eigenvalue weighted by Crippen LogP contribution is -2.08. The van der Waals surface area contributed by atoms with Gasteiger partial charge in [0.1, 0.15) is 0 Å². The molecule has 14 heavy (non-hydrogen) atoms. The Morgan fingerprint density at radius 1 is 1.50 bits per heavy atom. The van der Waals surface area contributed by atoms with Crippen molar-refractivity contribution < 1.29 is 4.39 Å². The van der Waals surface area contributed by atoms with Crippen LogP contribution in [0, 0.1) is 5.82 Å². The van der Waals surface area contributed by atoms with E-state index < -0.39 is 0 Å². The highest BCUT2D eigenvalue weighted by atomic mass is 79.9. The number of hydrogen-bond acceptors (Lipinski definition) is 1. The molecule has 0 amide bonds. The Labute approximate surface area is 95.8 Å². The van der Waals surface area contributed by atoms with Gasteiger partial charge in [0.25, 0.3) is 0 Å². The van der Waals surface area contributed by atoms with Gasteiger partial charge in [-0.05, 0) is 46.4 Å². The molecule has 0 aromatic heterocycles. The summed E-state index contributed by atoms with van der Waals surface area (Å²) in [5, 5.41) is 3.43. The van der Waals surface area contributed by atoms with Crippen LogP contribution in [-0.2, 0) is 0 Å². The summed E-state index contributed by atoms with van der Waals surface area (Å²) >= 11 is 8.93. The topological polar surface area (TPSA) is 12.0 Å². The van der Waals surface area contributed by atoms with Crippen molar-refractivity contribution in [3.8, 4) is 0 Å². The lowest BCUT2D eigenvalue weighted by Gasteiger charge is -2.12. The molecular formula is C10H10BrClFN. The van der Waals surface area contributed by atoms with E-state index in [2.05, 4.69) is 21.2 Å². The molecule has 0 bridgehead atoms. The molecule has 1 unspecified atom stereocenters. The Hall–Kier alpha value is -0.120. The summed E-state index contributed by atoms with van der Waals surface area (Å²) in [5.41, 5.74) is 1.01. The lowest BCUT2D eigenvalue weighted by atomic mass is 9.98. The molecule has 1 atom stereocenters. The number of benzene rings is 1. The first-order valence-electron chi connectivity index (χ1n) is 4.54. The summed E-state index contributed by atoms with van der Waals surface area (Å²) in [6, 6.07) is 3.52. The van der Waals surface area contributed by atoms with Gasteiger partial charge in [0, 0.05) is 6.54 Å². The van der Waals surface area contributed by atoms with Crippen LogP contribution in [0.2, 0.25) is 5.02 Å². The van der Waals surface area contributed by atoms with Gasteiger partial charge >= 0.3 is 0 Å². The van der Waals surface area contributed by atoms with E-state index in [1.807, 2.05) is 6.07 Å². The minimum Gasteiger partial charge on any atom is -0.316 e. The van der Waals surface area contributed by atoms with E-state index in [1.54, 1.807) is 6.07 Å². The van der Waals surface area contributed by atoms with Crippen molar-refractivity contribution in [2.45, 2.75) is 12.3 Å². The third-order valence-electron chi connectivity index (χ3n) is 2.57.